The highest BCUT2D eigenvalue weighted by Crippen LogP contribution is 2.21. The van der Waals surface area contributed by atoms with Gasteiger partial charge in [-0.25, -0.2) is 0 Å². The summed E-state index contributed by atoms with van der Waals surface area (Å²) in [4.78, 5) is 25.2. The van der Waals surface area contributed by atoms with Gasteiger partial charge in [0.25, 0.3) is 0 Å². The topological polar surface area (TPSA) is 75.4 Å². The number of nitrogens with one attached hydrogen (secondary N) is 1. The number of aryl methyl sites for hydroxylation is 2. The first-order valence-corrected chi connectivity index (χ1v) is 7.72. The van der Waals surface area contributed by atoms with Crippen LogP contribution in [0.2, 0.25) is 0 Å². The minimum atomic E-state index is -0.418. The SMILES string of the molecule is CCc1cccc(C)c1NC(=O)CN(CC(N)=O)CC(C)C. The molecular formula is C17H27N3O2. The standard InChI is InChI=1S/C17H27N3O2/c1-5-14-8-6-7-13(4)17(14)19-16(22)11-20(9-12(2)3)10-15(18)21/h6-8,12H,5,9-11H2,1-4H3,(H2,18,21)(H,19,22). The van der Waals surface area contributed by atoms with Crippen molar-refractivity contribution in [1.82, 2.24) is 4.90 Å². The fourth-order valence-corrected chi connectivity index (χ4v) is 2.51. The van der Waals surface area contributed by atoms with Crippen LogP contribution in [0.25, 0.3) is 0 Å². The van der Waals surface area contributed by atoms with Crippen LogP contribution in [-0.4, -0.2) is 36.3 Å². The zero-order valence-electron chi connectivity index (χ0n) is 14.0. The molecule has 0 radical (unpaired) electrons. The minimum Gasteiger partial charge on any atom is -0.369 e. The van der Waals surface area contributed by atoms with E-state index in [0.29, 0.717) is 12.5 Å². The smallest absolute Gasteiger partial charge is 0.238 e. The van der Waals surface area contributed by atoms with Gasteiger partial charge in [-0.15, -0.1) is 0 Å². The maximum atomic E-state index is 12.3. The lowest BCUT2D eigenvalue weighted by Crippen LogP contribution is -2.41. The summed E-state index contributed by atoms with van der Waals surface area (Å²) < 4.78 is 0. The minimum absolute atomic E-state index is 0.0972. The summed E-state index contributed by atoms with van der Waals surface area (Å²) in [5.41, 5.74) is 8.28. The monoisotopic (exact) mass is 305 g/mol. The van der Waals surface area contributed by atoms with Crippen LogP contribution in [0.3, 0.4) is 0 Å². The second kappa shape index (κ2) is 8.54. The van der Waals surface area contributed by atoms with E-state index in [9.17, 15) is 9.59 Å². The van der Waals surface area contributed by atoms with Crippen LogP contribution in [0.5, 0.6) is 0 Å². The van der Waals surface area contributed by atoms with Gasteiger partial charge in [0.2, 0.25) is 11.8 Å². The van der Waals surface area contributed by atoms with Gasteiger partial charge in [-0.05, 0) is 30.4 Å². The molecule has 0 unspecified atom stereocenters. The predicted octanol–water partition coefficient (Wildman–Crippen LogP) is 1.94. The van der Waals surface area contributed by atoms with Crippen LogP contribution in [0.15, 0.2) is 18.2 Å². The Bertz CT molecular complexity index is 527. The first-order valence-electron chi connectivity index (χ1n) is 7.72. The van der Waals surface area contributed by atoms with Crippen molar-refractivity contribution in [2.45, 2.75) is 34.1 Å². The summed E-state index contributed by atoms with van der Waals surface area (Å²) >= 11 is 0. The van der Waals surface area contributed by atoms with E-state index in [2.05, 4.69) is 12.2 Å². The lowest BCUT2D eigenvalue weighted by molar-refractivity contribution is -0.121. The zero-order chi connectivity index (χ0) is 16.7. The summed E-state index contributed by atoms with van der Waals surface area (Å²) in [6.07, 6.45) is 0.855. The molecule has 3 N–H and O–H groups in total. The van der Waals surface area contributed by atoms with Crippen LogP contribution < -0.4 is 11.1 Å². The number of nitrogens with zero attached hydrogens (tertiary/aromatic N) is 1. The molecule has 0 heterocycles. The van der Waals surface area contributed by atoms with Crippen LogP contribution in [0, 0.1) is 12.8 Å². The Morgan fingerprint density at radius 3 is 2.50 bits per heavy atom. The Morgan fingerprint density at radius 1 is 1.27 bits per heavy atom. The molecule has 1 aromatic rings. The molecule has 5 nitrogen and oxygen atoms in total. The molecule has 0 aliphatic heterocycles. The van der Waals surface area contributed by atoms with Gasteiger partial charge in [0.1, 0.15) is 0 Å². The lowest BCUT2D eigenvalue weighted by atomic mass is 10.1. The van der Waals surface area contributed by atoms with Crippen molar-refractivity contribution in [3.63, 3.8) is 0 Å². The second-order valence-corrected chi connectivity index (χ2v) is 6.04. The molecule has 0 spiro atoms. The normalized spacial score (nSPS) is 11.0. The molecule has 2 amide bonds. The zero-order valence-corrected chi connectivity index (χ0v) is 14.0. The largest absolute Gasteiger partial charge is 0.369 e. The van der Waals surface area contributed by atoms with Gasteiger partial charge in [0, 0.05) is 12.2 Å². The number of carbonyl (C=O) groups is 2. The molecule has 1 rings (SSSR count). The summed E-state index contributed by atoms with van der Waals surface area (Å²) in [7, 11) is 0. The van der Waals surface area contributed by atoms with Gasteiger partial charge < -0.3 is 11.1 Å². The van der Waals surface area contributed by atoms with Crippen molar-refractivity contribution >= 4 is 17.5 Å². The maximum Gasteiger partial charge on any atom is 0.238 e. The summed E-state index contributed by atoms with van der Waals surface area (Å²) in [6.45, 7) is 9.04. The second-order valence-electron chi connectivity index (χ2n) is 6.04. The quantitative estimate of drug-likeness (QED) is 0.770. The molecule has 0 aromatic heterocycles. The number of carbonyl (C=O) groups excluding carboxylic acids is 2. The highest BCUT2D eigenvalue weighted by molar-refractivity contribution is 5.94. The van der Waals surface area contributed by atoms with Crippen molar-refractivity contribution in [3.8, 4) is 0 Å². The summed E-state index contributed by atoms with van der Waals surface area (Å²) in [6, 6.07) is 5.98. The molecule has 5 heteroatoms. The molecule has 0 aliphatic carbocycles. The highest BCUT2D eigenvalue weighted by Gasteiger charge is 2.16. The third-order valence-electron chi connectivity index (χ3n) is 3.37. The number of hydrogen-bond donors (Lipinski definition) is 2. The average Bonchev–Trinajstić information content (AvgIpc) is 2.39. The van der Waals surface area contributed by atoms with E-state index in [1.54, 1.807) is 4.90 Å². The van der Waals surface area contributed by atoms with E-state index in [1.165, 1.54) is 0 Å². The third-order valence-corrected chi connectivity index (χ3v) is 3.37. The van der Waals surface area contributed by atoms with Crippen molar-refractivity contribution in [2.24, 2.45) is 11.7 Å². The summed E-state index contributed by atoms with van der Waals surface area (Å²) in [5, 5.41) is 2.97. The number of rotatable bonds is 8. The number of para-hydroxylation sites is 1. The van der Waals surface area contributed by atoms with E-state index >= 15 is 0 Å². The first kappa shape index (κ1) is 18.2. The average molecular weight is 305 g/mol. The van der Waals surface area contributed by atoms with Gasteiger partial charge in [0.15, 0.2) is 0 Å². The maximum absolute atomic E-state index is 12.3. The van der Waals surface area contributed by atoms with E-state index < -0.39 is 5.91 Å². The number of benzene rings is 1. The molecule has 0 atom stereocenters. The third kappa shape index (κ3) is 5.85. The fourth-order valence-electron chi connectivity index (χ4n) is 2.51. The van der Waals surface area contributed by atoms with Crippen molar-refractivity contribution < 1.29 is 9.59 Å². The van der Waals surface area contributed by atoms with Gasteiger partial charge in [-0.2, -0.15) is 0 Å². The van der Waals surface area contributed by atoms with Crippen molar-refractivity contribution in [1.29, 1.82) is 0 Å². The molecule has 0 saturated carbocycles. The Kier molecular flexibility index (Phi) is 7.05. The summed E-state index contributed by atoms with van der Waals surface area (Å²) in [5.74, 6) is -0.179. The van der Waals surface area contributed by atoms with Gasteiger partial charge in [-0.3, -0.25) is 14.5 Å². The molecule has 22 heavy (non-hydrogen) atoms. The first-order chi connectivity index (χ1) is 10.3. The number of hydrogen-bond acceptors (Lipinski definition) is 3. The Hall–Kier alpha value is -1.88. The number of amides is 2. The van der Waals surface area contributed by atoms with Crippen LogP contribution >= 0.6 is 0 Å². The molecule has 0 bridgehead atoms. The van der Waals surface area contributed by atoms with Crippen molar-refractivity contribution in [3.05, 3.63) is 29.3 Å². The van der Waals surface area contributed by atoms with E-state index in [1.807, 2.05) is 39.0 Å². The molecular weight excluding hydrogens is 278 g/mol. The van der Waals surface area contributed by atoms with E-state index in [-0.39, 0.29) is 19.0 Å². The Labute approximate surface area is 132 Å². The van der Waals surface area contributed by atoms with Gasteiger partial charge in [0.05, 0.1) is 13.1 Å². The number of nitrogens with two attached hydrogens (primary N) is 1. The molecule has 0 aliphatic rings. The van der Waals surface area contributed by atoms with E-state index in [4.69, 9.17) is 5.73 Å². The Balaban J connectivity index is 2.77. The van der Waals surface area contributed by atoms with Crippen molar-refractivity contribution in [2.75, 3.05) is 25.0 Å². The Morgan fingerprint density at radius 2 is 1.95 bits per heavy atom. The lowest BCUT2D eigenvalue weighted by Gasteiger charge is -2.22. The molecule has 1 aromatic carbocycles. The van der Waals surface area contributed by atoms with Crippen LogP contribution in [0.4, 0.5) is 5.69 Å². The molecule has 0 saturated heterocycles. The van der Waals surface area contributed by atoms with E-state index in [0.717, 1.165) is 23.2 Å². The molecule has 122 valence electrons. The number of primary amides is 1. The van der Waals surface area contributed by atoms with Gasteiger partial charge >= 0.3 is 0 Å². The number of anilines is 1. The van der Waals surface area contributed by atoms with Crippen LogP contribution in [-0.2, 0) is 16.0 Å². The predicted molar refractivity (Wildman–Crippen MR) is 89.7 cm³/mol. The van der Waals surface area contributed by atoms with Crippen LogP contribution in [0.1, 0.15) is 31.9 Å². The van der Waals surface area contributed by atoms with Gasteiger partial charge in [-0.1, -0.05) is 39.0 Å². The molecule has 0 fully saturated rings. The highest BCUT2D eigenvalue weighted by atomic mass is 16.2. The fraction of sp³-hybridized carbons (Fsp3) is 0.529.